The monoisotopic (exact) mass is 198 g/mol. The van der Waals surface area contributed by atoms with Gasteiger partial charge in [-0.05, 0) is 19.1 Å². The quantitative estimate of drug-likeness (QED) is 0.638. The Bertz CT molecular complexity index is 433. The van der Waals surface area contributed by atoms with Crippen LogP contribution in [0.1, 0.15) is 5.56 Å². The number of aryl methyl sites for hydroxylation is 1. The van der Waals surface area contributed by atoms with Crippen molar-refractivity contribution >= 4 is 35.2 Å². The molecule has 2 rings (SSSR count). The molecule has 0 aliphatic carbocycles. The summed E-state index contributed by atoms with van der Waals surface area (Å²) in [6.07, 6.45) is 0. The van der Waals surface area contributed by atoms with Gasteiger partial charge in [0.1, 0.15) is 5.58 Å². The van der Waals surface area contributed by atoms with Gasteiger partial charge in [0.25, 0.3) is 0 Å². The molecule has 0 bridgehead atoms. The van der Waals surface area contributed by atoms with Crippen molar-refractivity contribution in [2.75, 3.05) is 0 Å². The standard InChI is InChI=1S/C9H7ClOS/c1-5-8-6(10)3-2-4-7(8)11-9(5)12/h2-4,12H,1H3. The molecule has 0 aliphatic heterocycles. The first kappa shape index (κ1) is 8.02. The fourth-order valence-corrected chi connectivity index (χ4v) is 1.76. The molecule has 0 amide bonds. The van der Waals surface area contributed by atoms with Crippen LogP contribution in [-0.2, 0) is 0 Å². The average molecular weight is 199 g/mol. The van der Waals surface area contributed by atoms with Crippen molar-refractivity contribution in [1.82, 2.24) is 0 Å². The normalized spacial score (nSPS) is 10.9. The summed E-state index contributed by atoms with van der Waals surface area (Å²) < 4.78 is 5.36. The Kier molecular flexibility index (Phi) is 1.81. The fourth-order valence-electron chi connectivity index (χ4n) is 1.24. The van der Waals surface area contributed by atoms with E-state index in [-0.39, 0.29) is 0 Å². The maximum atomic E-state index is 5.98. The highest BCUT2D eigenvalue weighted by atomic mass is 35.5. The largest absolute Gasteiger partial charge is 0.450 e. The van der Waals surface area contributed by atoms with Crippen molar-refractivity contribution in [1.29, 1.82) is 0 Å². The molecule has 0 aliphatic rings. The smallest absolute Gasteiger partial charge is 0.161 e. The van der Waals surface area contributed by atoms with Gasteiger partial charge in [-0.2, -0.15) is 0 Å². The summed E-state index contributed by atoms with van der Waals surface area (Å²) >= 11 is 10.2. The Morgan fingerprint density at radius 2 is 2.17 bits per heavy atom. The van der Waals surface area contributed by atoms with Gasteiger partial charge in [0.2, 0.25) is 0 Å². The minimum absolute atomic E-state index is 0.637. The molecule has 12 heavy (non-hydrogen) atoms. The molecule has 1 heterocycles. The Balaban J connectivity index is 2.97. The van der Waals surface area contributed by atoms with E-state index in [0.717, 1.165) is 16.5 Å². The van der Waals surface area contributed by atoms with Crippen molar-refractivity contribution in [3.05, 3.63) is 28.8 Å². The summed E-state index contributed by atoms with van der Waals surface area (Å²) in [5.74, 6) is 0. The number of hydrogen-bond donors (Lipinski definition) is 1. The van der Waals surface area contributed by atoms with Gasteiger partial charge in [-0.3, -0.25) is 0 Å². The van der Waals surface area contributed by atoms with Crippen LogP contribution in [0.2, 0.25) is 5.02 Å². The van der Waals surface area contributed by atoms with E-state index >= 15 is 0 Å². The van der Waals surface area contributed by atoms with E-state index in [1.54, 1.807) is 0 Å². The molecule has 1 nitrogen and oxygen atoms in total. The van der Waals surface area contributed by atoms with Crippen LogP contribution < -0.4 is 0 Å². The van der Waals surface area contributed by atoms with E-state index in [2.05, 4.69) is 12.6 Å². The molecular weight excluding hydrogens is 192 g/mol. The molecule has 0 spiro atoms. The van der Waals surface area contributed by atoms with Crippen molar-refractivity contribution in [2.45, 2.75) is 12.0 Å². The zero-order chi connectivity index (χ0) is 8.72. The number of rotatable bonds is 0. The van der Waals surface area contributed by atoms with Crippen LogP contribution in [0.15, 0.2) is 27.7 Å². The van der Waals surface area contributed by atoms with Crippen LogP contribution in [0, 0.1) is 6.92 Å². The second kappa shape index (κ2) is 2.71. The lowest BCUT2D eigenvalue weighted by Gasteiger charge is -1.91. The first-order valence-electron chi connectivity index (χ1n) is 3.56. The highest BCUT2D eigenvalue weighted by Crippen LogP contribution is 2.32. The summed E-state index contributed by atoms with van der Waals surface area (Å²) in [6, 6.07) is 5.59. The van der Waals surface area contributed by atoms with E-state index in [0.29, 0.717) is 10.1 Å². The van der Waals surface area contributed by atoms with Crippen molar-refractivity contribution in [3.63, 3.8) is 0 Å². The van der Waals surface area contributed by atoms with Gasteiger partial charge in [0.15, 0.2) is 5.09 Å². The van der Waals surface area contributed by atoms with E-state index in [1.165, 1.54) is 0 Å². The number of benzene rings is 1. The Morgan fingerprint density at radius 3 is 2.83 bits per heavy atom. The Labute approximate surface area is 80.7 Å². The number of thiol groups is 1. The van der Waals surface area contributed by atoms with E-state index in [4.69, 9.17) is 16.0 Å². The molecule has 0 atom stereocenters. The summed E-state index contributed by atoms with van der Waals surface area (Å²) in [5, 5.41) is 2.32. The second-order valence-electron chi connectivity index (χ2n) is 2.65. The zero-order valence-corrected chi connectivity index (χ0v) is 8.12. The lowest BCUT2D eigenvalue weighted by molar-refractivity contribution is 0.512. The first-order valence-corrected chi connectivity index (χ1v) is 4.39. The molecule has 1 aromatic carbocycles. The second-order valence-corrected chi connectivity index (χ2v) is 3.46. The topological polar surface area (TPSA) is 13.1 Å². The van der Waals surface area contributed by atoms with Gasteiger partial charge >= 0.3 is 0 Å². The number of hydrogen-bond acceptors (Lipinski definition) is 2. The lowest BCUT2D eigenvalue weighted by Crippen LogP contribution is -1.70. The fraction of sp³-hybridized carbons (Fsp3) is 0.111. The molecule has 62 valence electrons. The van der Waals surface area contributed by atoms with E-state index < -0.39 is 0 Å². The summed E-state index contributed by atoms with van der Waals surface area (Å²) in [4.78, 5) is 0. The SMILES string of the molecule is Cc1c(S)oc2cccc(Cl)c12. The first-order chi connectivity index (χ1) is 5.70. The minimum atomic E-state index is 0.637. The van der Waals surface area contributed by atoms with Gasteiger partial charge in [0, 0.05) is 10.9 Å². The summed E-state index contributed by atoms with van der Waals surface area (Å²) in [7, 11) is 0. The van der Waals surface area contributed by atoms with Crippen LogP contribution in [0.4, 0.5) is 0 Å². The number of fused-ring (bicyclic) bond motifs is 1. The molecule has 0 N–H and O–H groups in total. The van der Waals surface area contributed by atoms with Crippen LogP contribution >= 0.6 is 24.2 Å². The molecule has 1 aromatic heterocycles. The summed E-state index contributed by atoms with van der Waals surface area (Å²) in [6.45, 7) is 1.94. The zero-order valence-electron chi connectivity index (χ0n) is 6.47. The molecule has 0 radical (unpaired) electrons. The van der Waals surface area contributed by atoms with Gasteiger partial charge in [0.05, 0.1) is 5.02 Å². The summed E-state index contributed by atoms with van der Waals surface area (Å²) in [5.41, 5.74) is 1.80. The van der Waals surface area contributed by atoms with Crippen LogP contribution in [0.25, 0.3) is 11.0 Å². The maximum Gasteiger partial charge on any atom is 0.161 e. The maximum absolute atomic E-state index is 5.98. The predicted molar refractivity (Wildman–Crippen MR) is 53.2 cm³/mol. The molecular formula is C9H7ClOS. The number of halogens is 1. The molecule has 2 aromatic rings. The third kappa shape index (κ3) is 1.03. The number of furan rings is 1. The van der Waals surface area contributed by atoms with Crippen molar-refractivity contribution < 1.29 is 4.42 Å². The third-order valence-electron chi connectivity index (χ3n) is 1.88. The van der Waals surface area contributed by atoms with Crippen molar-refractivity contribution in [3.8, 4) is 0 Å². The lowest BCUT2D eigenvalue weighted by atomic mass is 10.2. The van der Waals surface area contributed by atoms with E-state index in [9.17, 15) is 0 Å². The Morgan fingerprint density at radius 1 is 1.42 bits per heavy atom. The molecule has 0 saturated carbocycles. The van der Waals surface area contributed by atoms with Crippen molar-refractivity contribution in [2.24, 2.45) is 0 Å². The predicted octanol–water partition coefficient (Wildman–Crippen LogP) is 3.68. The highest BCUT2D eigenvalue weighted by molar-refractivity contribution is 7.80. The van der Waals surface area contributed by atoms with Gasteiger partial charge < -0.3 is 4.42 Å². The average Bonchev–Trinajstić information content (AvgIpc) is 2.29. The van der Waals surface area contributed by atoms with Crippen LogP contribution in [-0.4, -0.2) is 0 Å². The van der Waals surface area contributed by atoms with Crippen LogP contribution in [0.3, 0.4) is 0 Å². The third-order valence-corrected chi connectivity index (χ3v) is 2.62. The van der Waals surface area contributed by atoms with Crippen LogP contribution in [0.5, 0.6) is 0 Å². The van der Waals surface area contributed by atoms with E-state index in [1.807, 2.05) is 25.1 Å². The van der Waals surface area contributed by atoms with Gasteiger partial charge in [-0.25, -0.2) is 0 Å². The minimum Gasteiger partial charge on any atom is -0.450 e. The Hall–Kier alpha value is -0.600. The highest BCUT2D eigenvalue weighted by Gasteiger charge is 2.09. The van der Waals surface area contributed by atoms with Gasteiger partial charge in [-0.1, -0.05) is 17.7 Å². The molecule has 0 unspecified atom stereocenters. The van der Waals surface area contributed by atoms with Gasteiger partial charge in [-0.15, -0.1) is 12.6 Å². The molecule has 3 heteroatoms. The molecule has 0 saturated heterocycles. The molecule has 0 fully saturated rings.